The van der Waals surface area contributed by atoms with Crippen LogP contribution in [0.15, 0.2) is 53.8 Å². The molecule has 3 rings (SSSR count). The summed E-state index contributed by atoms with van der Waals surface area (Å²) in [5.74, 6) is -0.455. The molecular weight excluding hydrogens is 371 g/mol. The van der Waals surface area contributed by atoms with E-state index in [1.165, 1.54) is 37.7 Å². The Bertz CT molecular complexity index is 1080. The molecule has 6 nitrogen and oxygen atoms in total. The molecule has 0 bridgehead atoms. The minimum Gasteiger partial charge on any atom is -0.505 e. The van der Waals surface area contributed by atoms with Crippen molar-refractivity contribution in [3.63, 3.8) is 0 Å². The maximum atomic E-state index is 13.3. The van der Waals surface area contributed by atoms with Crippen LogP contribution in [0.1, 0.15) is 5.56 Å². The van der Waals surface area contributed by atoms with E-state index in [-0.39, 0.29) is 33.4 Å². The predicted octanol–water partition coefficient (Wildman–Crippen LogP) is 4.29. The van der Waals surface area contributed by atoms with E-state index in [2.05, 4.69) is 15.0 Å². The summed E-state index contributed by atoms with van der Waals surface area (Å²) < 4.78 is 18.4. The molecule has 2 aromatic heterocycles. The number of nitriles is 1. The molecule has 0 unspecified atom stereocenters. The van der Waals surface area contributed by atoms with Crippen LogP contribution in [0, 0.1) is 17.1 Å². The van der Waals surface area contributed by atoms with Crippen molar-refractivity contribution in [1.29, 1.82) is 5.26 Å². The van der Waals surface area contributed by atoms with Crippen LogP contribution < -0.4 is 4.74 Å². The van der Waals surface area contributed by atoms with Gasteiger partial charge in [-0.05, 0) is 30.3 Å². The minimum absolute atomic E-state index is 0.0696. The zero-order chi connectivity index (χ0) is 19.4. The number of aromatic hydroxyl groups is 1. The average molecular weight is 383 g/mol. The van der Waals surface area contributed by atoms with Crippen LogP contribution in [-0.2, 0) is 0 Å². The van der Waals surface area contributed by atoms with Crippen LogP contribution in [0.25, 0.3) is 11.3 Å². The highest BCUT2D eigenvalue weighted by atomic mass is 35.5. The van der Waals surface area contributed by atoms with E-state index < -0.39 is 5.82 Å². The summed E-state index contributed by atoms with van der Waals surface area (Å²) in [6.07, 6.45) is 2.96. The molecule has 0 amide bonds. The molecule has 27 heavy (non-hydrogen) atoms. The number of hydrogen-bond acceptors (Lipinski definition) is 6. The van der Waals surface area contributed by atoms with Gasteiger partial charge in [-0.25, -0.2) is 14.4 Å². The number of methoxy groups -OCH3 is 1. The molecule has 0 fully saturated rings. The standard InChI is InChI=1S/C19H12ClFN4O2/c1-27-17-8-11(4-6-23-17)18-19(26)13(5-7-24-18)16(10-22)25-12-2-3-15(21)14(20)9-12/h2-9,26H,1H3/b25-16+. The third kappa shape index (κ3) is 3.86. The fraction of sp³-hybridized carbons (Fsp3) is 0.0526. The van der Waals surface area contributed by atoms with Crippen molar-refractivity contribution >= 4 is 23.0 Å². The highest BCUT2D eigenvalue weighted by Crippen LogP contribution is 2.32. The first-order chi connectivity index (χ1) is 13.0. The third-order valence-corrected chi connectivity index (χ3v) is 3.94. The number of rotatable bonds is 4. The molecule has 0 aliphatic carbocycles. The van der Waals surface area contributed by atoms with Gasteiger partial charge < -0.3 is 9.84 Å². The molecule has 1 N–H and O–H groups in total. The van der Waals surface area contributed by atoms with E-state index in [0.29, 0.717) is 11.4 Å². The predicted molar refractivity (Wildman–Crippen MR) is 98.9 cm³/mol. The molecule has 8 heteroatoms. The van der Waals surface area contributed by atoms with E-state index >= 15 is 0 Å². The number of aliphatic imine (C=N–C) groups is 1. The van der Waals surface area contributed by atoms with E-state index in [4.69, 9.17) is 16.3 Å². The van der Waals surface area contributed by atoms with Crippen molar-refractivity contribution in [2.45, 2.75) is 0 Å². The largest absolute Gasteiger partial charge is 0.505 e. The van der Waals surface area contributed by atoms with Crippen molar-refractivity contribution in [2.24, 2.45) is 4.99 Å². The van der Waals surface area contributed by atoms with Gasteiger partial charge in [0.2, 0.25) is 5.88 Å². The number of benzene rings is 1. The van der Waals surface area contributed by atoms with Gasteiger partial charge in [-0.2, -0.15) is 5.26 Å². The molecule has 0 radical (unpaired) electrons. The van der Waals surface area contributed by atoms with E-state index in [1.54, 1.807) is 12.1 Å². The second-order valence-electron chi connectivity index (χ2n) is 5.31. The first kappa shape index (κ1) is 18.3. The summed E-state index contributed by atoms with van der Waals surface area (Å²) in [7, 11) is 1.48. The Morgan fingerprint density at radius 1 is 1.22 bits per heavy atom. The number of nitrogens with zero attached hydrogens (tertiary/aromatic N) is 4. The highest BCUT2D eigenvalue weighted by Gasteiger charge is 2.16. The molecule has 0 atom stereocenters. The van der Waals surface area contributed by atoms with Gasteiger partial charge >= 0.3 is 0 Å². The number of hydrogen-bond donors (Lipinski definition) is 1. The topological polar surface area (TPSA) is 91.4 Å². The molecule has 2 heterocycles. The third-order valence-electron chi connectivity index (χ3n) is 3.65. The Morgan fingerprint density at radius 3 is 2.70 bits per heavy atom. The van der Waals surface area contributed by atoms with E-state index in [0.717, 1.165) is 6.07 Å². The van der Waals surface area contributed by atoms with Crippen molar-refractivity contribution in [1.82, 2.24) is 9.97 Å². The van der Waals surface area contributed by atoms with Crippen LogP contribution in [0.3, 0.4) is 0 Å². The molecule has 0 spiro atoms. The van der Waals surface area contributed by atoms with Crippen LogP contribution in [0.2, 0.25) is 5.02 Å². The van der Waals surface area contributed by atoms with E-state index in [1.807, 2.05) is 6.07 Å². The molecule has 0 aliphatic heterocycles. The normalized spacial score (nSPS) is 11.1. The zero-order valence-electron chi connectivity index (χ0n) is 14.0. The summed E-state index contributed by atoms with van der Waals surface area (Å²) in [5, 5.41) is 20.0. The van der Waals surface area contributed by atoms with Crippen molar-refractivity contribution in [2.75, 3.05) is 7.11 Å². The van der Waals surface area contributed by atoms with Gasteiger partial charge in [-0.3, -0.25) is 4.98 Å². The summed E-state index contributed by atoms with van der Waals surface area (Å²) in [6, 6.07) is 10.5. The summed E-state index contributed by atoms with van der Waals surface area (Å²) in [5.41, 5.74) is 1.19. The van der Waals surface area contributed by atoms with Gasteiger partial charge in [0.05, 0.1) is 23.4 Å². The SMILES string of the molecule is COc1cc(-c2nccc(/C(C#N)=N/c3ccc(F)c(Cl)c3)c2O)ccn1. The lowest BCUT2D eigenvalue weighted by molar-refractivity contribution is 0.398. The number of pyridine rings is 2. The van der Waals surface area contributed by atoms with Gasteiger partial charge in [-0.15, -0.1) is 0 Å². The fourth-order valence-electron chi connectivity index (χ4n) is 2.35. The lowest BCUT2D eigenvalue weighted by Gasteiger charge is -2.09. The Hall–Kier alpha value is -3.50. The lowest BCUT2D eigenvalue weighted by atomic mass is 10.1. The Kier molecular flexibility index (Phi) is 5.29. The fourth-order valence-corrected chi connectivity index (χ4v) is 2.53. The molecule has 0 saturated heterocycles. The van der Waals surface area contributed by atoms with E-state index in [9.17, 15) is 14.8 Å². The average Bonchev–Trinajstić information content (AvgIpc) is 2.69. The number of halogens is 2. The Morgan fingerprint density at radius 2 is 2.00 bits per heavy atom. The Balaban J connectivity index is 2.09. The minimum atomic E-state index is -0.588. The highest BCUT2D eigenvalue weighted by molar-refractivity contribution is 6.31. The van der Waals surface area contributed by atoms with Crippen LogP contribution in [-0.4, -0.2) is 27.9 Å². The van der Waals surface area contributed by atoms with Gasteiger partial charge in [0, 0.05) is 24.0 Å². The smallest absolute Gasteiger partial charge is 0.213 e. The maximum absolute atomic E-state index is 13.3. The quantitative estimate of drug-likeness (QED) is 0.679. The van der Waals surface area contributed by atoms with Gasteiger partial charge in [0.1, 0.15) is 17.6 Å². The van der Waals surface area contributed by atoms with Crippen LogP contribution in [0.5, 0.6) is 11.6 Å². The second-order valence-corrected chi connectivity index (χ2v) is 5.72. The number of aromatic nitrogens is 2. The van der Waals surface area contributed by atoms with Crippen molar-refractivity contribution in [3.8, 4) is 29.0 Å². The second kappa shape index (κ2) is 7.81. The van der Waals surface area contributed by atoms with Gasteiger partial charge in [-0.1, -0.05) is 11.6 Å². The molecular formula is C19H12ClFN4O2. The van der Waals surface area contributed by atoms with Crippen molar-refractivity contribution in [3.05, 3.63) is 65.2 Å². The molecule has 1 aromatic carbocycles. The molecule has 3 aromatic rings. The molecule has 0 aliphatic rings. The first-order valence-electron chi connectivity index (χ1n) is 7.66. The van der Waals surface area contributed by atoms with Crippen LogP contribution >= 0.6 is 11.6 Å². The lowest BCUT2D eigenvalue weighted by Crippen LogP contribution is -2.00. The van der Waals surface area contributed by atoms with Crippen molar-refractivity contribution < 1.29 is 14.2 Å². The maximum Gasteiger partial charge on any atom is 0.213 e. The number of ether oxygens (including phenoxy) is 1. The van der Waals surface area contributed by atoms with Crippen LogP contribution in [0.4, 0.5) is 10.1 Å². The molecule has 0 saturated carbocycles. The van der Waals surface area contributed by atoms with Gasteiger partial charge in [0.25, 0.3) is 0 Å². The summed E-state index contributed by atoms with van der Waals surface area (Å²) in [6.45, 7) is 0. The Labute approximate surface area is 159 Å². The zero-order valence-corrected chi connectivity index (χ0v) is 14.8. The first-order valence-corrected chi connectivity index (χ1v) is 8.04. The monoisotopic (exact) mass is 382 g/mol. The van der Waals surface area contributed by atoms with Gasteiger partial charge in [0.15, 0.2) is 11.5 Å². The molecule has 134 valence electrons. The summed E-state index contributed by atoms with van der Waals surface area (Å²) >= 11 is 5.75. The summed E-state index contributed by atoms with van der Waals surface area (Å²) in [4.78, 5) is 12.3.